The second kappa shape index (κ2) is 26.8. The van der Waals surface area contributed by atoms with Gasteiger partial charge in [-0.3, -0.25) is 19.2 Å². The molecule has 6 heterocycles. The van der Waals surface area contributed by atoms with E-state index >= 15 is 0 Å². The number of hydrogen-bond donors (Lipinski definition) is 3. The maximum atomic E-state index is 12.9. The van der Waals surface area contributed by atoms with Gasteiger partial charge < -0.3 is 38.7 Å². The number of nitrogens with one attached hydrogen (secondary N) is 2. The van der Waals surface area contributed by atoms with Crippen LogP contribution >= 0.6 is 11.6 Å². The lowest BCUT2D eigenvalue weighted by Crippen LogP contribution is -2.25. The van der Waals surface area contributed by atoms with E-state index in [4.69, 9.17) is 30.9 Å². The molecular formula is C63H73ClN8O7. The Balaban J connectivity index is 0.000000180. The van der Waals surface area contributed by atoms with Gasteiger partial charge in [0.05, 0.1) is 35.9 Å². The first-order valence-electron chi connectivity index (χ1n) is 26.3. The fourth-order valence-corrected chi connectivity index (χ4v) is 9.09. The molecule has 0 atom stereocenters. The molecule has 79 heavy (non-hydrogen) atoms. The van der Waals surface area contributed by atoms with Crippen molar-refractivity contribution < 1.29 is 18.4 Å². The summed E-state index contributed by atoms with van der Waals surface area (Å²) in [5.74, 6) is 4.00. The lowest BCUT2D eigenvalue weighted by Gasteiger charge is -2.13. The molecule has 9 rings (SSSR count). The molecule has 0 bridgehead atoms. The maximum Gasteiger partial charge on any atom is 0.274 e. The van der Waals surface area contributed by atoms with Crippen LogP contribution in [-0.4, -0.2) is 35.5 Å². The van der Waals surface area contributed by atoms with Crippen LogP contribution in [0.4, 0.5) is 11.4 Å². The van der Waals surface area contributed by atoms with Gasteiger partial charge in [-0.25, -0.2) is 0 Å². The van der Waals surface area contributed by atoms with E-state index in [1.54, 1.807) is 40.6 Å². The Morgan fingerprint density at radius 2 is 0.949 bits per heavy atom. The lowest BCUT2D eigenvalue weighted by atomic mass is 10.0. The fraction of sp³-hybridized carbons (Fsp3) is 0.317. The number of aromatic amines is 1. The average Bonchev–Trinajstić information content (AvgIpc) is 4.13. The zero-order valence-corrected chi connectivity index (χ0v) is 48.6. The molecular weight excluding hydrogens is 1020 g/mol. The second-order valence-electron chi connectivity index (χ2n) is 20.7. The Labute approximate surface area is 466 Å². The number of hydrogen-bond acceptors (Lipinski definition) is 11. The predicted octanol–water partition coefficient (Wildman–Crippen LogP) is 13.6. The minimum atomic E-state index is -0.291. The van der Waals surface area contributed by atoms with Crippen molar-refractivity contribution >= 4 is 28.9 Å². The SMILES string of the molecule is CC(=O)Nc1cc(-c2c(C)noc2C)cn(Cc2ccc(C(C)C)cc2)c1=O.CC(C)c1ccc(CCl)cc1.Cc1noc(C)c1-c1c[nH]c(=O)c(C)c1.Cc1noc(C)c1-c1cc(N)c(=O)n(Cc2ccc(C(C)C)cc2)c1. The van der Waals surface area contributed by atoms with Crippen molar-refractivity contribution in [1.82, 2.24) is 29.6 Å². The smallest absolute Gasteiger partial charge is 0.274 e. The van der Waals surface area contributed by atoms with Gasteiger partial charge in [0.25, 0.3) is 16.7 Å². The van der Waals surface area contributed by atoms with Gasteiger partial charge in [-0.2, -0.15) is 0 Å². The first kappa shape index (κ1) is 59.9. The minimum absolute atomic E-state index is 0.0643. The van der Waals surface area contributed by atoms with E-state index < -0.39 is 0 Å². The fourth-order valence-electron chi connectivity index (χ4n) is 8.91. The quantitative estimate of drug-likeness (QED) is 0.0980. The number of halogens is 1. The summed E-state index contributed by atoms with van der Waals surface area (Å²) in [5.41, 5.74) is 21.3. The van der Waals surface area contributed by atoms with E-state index in [2.05, 4.69) is 128 Å². The van der Waals surface area contributed by atoms with Gasteiger partial charge >= 0.3 is 0 Å². The number of carbonyl (C=O) groups excluding carboxylic acids is 1. The van der Waals surface area contributed by atoms with Crippen LogP contribution in [0.2, 0.25) is 0 Å². The number of nitrogens with two attached hydrogens (primary N) is 1. The first-order chi connectivity index (χ1) is 37.4. The summed E-state index contributed by atoms with van der Waals surface area (Å²) in [6.07, 6.45) is 5.29. The molecule has 0 saturated carbocycles. The first-order valence-corrected chi connectivity index (χ1v) is 26.8. The highest BCUT2D eigenvalue weighted by atomic mass is 35.5. The molecule has 15 nitrogen and oxygen atoms in total. The van der Waals surface area contributed by atoms with Crippen molar-refractivity contribution in [3.05, 3.63) is 214 Å². The number of anilines is 2. The molecule has 0 saturated heterocycles. The minimum Gasteiger partial charge on any atom is -0.394 e. The van der Waals surface area contributed by atoms with Crippen molar-refractivity contribution in [3.8, 4) is 33.4 Å². The molecule has 0 spiro atoms. The van der Waals surface area contributed by atoms with E-state index in [-0.39, 0.29) is 34.0 Å². The Hall–Kier alpha value is -8.30. The number of carbonyl (C=O) groups is 1. The average molecular weight is 1090 g/mol. The third kappa shape index (κ3) is 15.5. The highest BCUT2D eigenvalue weighted by Gasteiger charge is 2.18. The second-order valence-corrected chi connectivity index (χ2v) is 21.0. The topological polar surface area (TPSA) is 210 Å². The highest BCUT2D eigenvalue weighted by molar-refractivity contribution is 6.17. The zero-order chi connectivity index (χ0) is 57.8. The van der Waals surface area contributed by atoms with Crippen LogP contribution in [0.1, 0.15) is 140 Å². The number of nitrogens with zero attached hydrogens (tertiary/aromatic N) is 5. The van der Waals surface area contributed by atoms with Gasteiger partial charge in [-0.15, -0.1) is 11.6 Å². The molecule has 0 radical (unpaired) electrons. The molecule has 6 aromatic heterocycles. The number of rotatable bonds is 12. The number of benzene rings is 3. The van der Waals surface area contributed by atoms with Crippen molar-refractivity contribution in [2.24, 2.45) is 0 Å². The zero-order valence-electron chi connectivity index (χ0n) is 47.8. The molecule has 414 valence electrons. The van der Waals surface area contributed by atoms with E-state index in [1.807, 2.05) is 65.9 Å². The Bertz CT molecular complexity index is 3630. The normalized spacial score (nSPS) is 11.0. The standard InChI is InChI=1S/C22H25N3O3.C20H23N3O2.C11H12N2O2.C10H13Cl/c1-13(2)18-8-6-17(7-9-18)11-25-12-19(21-14(3)24-28-15(21)4)10-20(22(25)27)23-16(5)26;1-12(2)16-7-5-15(6-8-16)10-23-11-17(9-18(21)20(23)24)19-13(3)22-25-14(19)4;1-6-4-9(5-12-11(6)14)10-7(2)13-15-8(10)3;1-8(2)10-5-3-9(7-11)4-6-10/h6-10,12-13H,11H2,1-5H3,(H,23,26);5-9,11-12H,10,21H2,1-4H3;4-5H,1-3H3,(H,12,14);3-6,8H,7H2,1-2H3. The summed E-state index contributed by atoms with van der Waals surface area (Å²) in [7, 11) is 0. The van der Waals surface area contributed by atoms with Crippen molar-refractivity contribution in [3.63, 3.8) is 0 Å². The molecule has 0 unspecified atom stereocenters. The molecule has 0 aliphatic heterocycles. The highest BCUT2D eigenvalue weighted by Crippen LogP contribution is 2.30. The van der Waals surface area contributed by atoms with E-state index in [9.17, 15) is 19.2 Å². The van der Waals surface area contributed by atoms with Crippen LogP contribution in [0.15, 0.2) is 138 Å². The molecule has 0 fully saturated rings. The van der Waals surface area contributed by atoms with Crippen LogP contribution in [-0.2, 0) is 23.8 Å². The summed E-state index contributed by atoms with van der Waals surface area (Å²) in [6, 6.07) is 30.2. The van der Waals surface area contributed by atoms with Gasteiger partial charge in [0.1, 0.15) is 23.0 Å². The number of aryl methyl sites for hydroxylation is 7. The van der Waals surface area contributed by atoms with Crippen LogP contribution in [0.5, 0.6) is 0 Å². The monoisotopic (exact) mass is 1090 g/mol. The summed E-state index contributed by atoms with van der Waals surface area (Å²) < 4.78 is 18.8. The largest absolute Gasteiger partial charge is 0.394 e. The Morgan fingerprint density at radius 1 is 0.570 bits per heavy atom. The number of alkyl halides is 1. The Morgan fingerprint density at radius 3 is 1.30 bits per heavy atom. The lowest BCUT2D eigenvalue weighted by molar-refractivity contribution is -0.114. The number of H-pyrrole nitrogens is 1. The molecule has 1 amide bonds. The molecule has 0 aliphatic rings. The molecule has 0 aliphatic carbocycles. The van der Waals surface area contributed by atoms with Gasteiger partial charge in [-0.1, -0.05) is 130 Å². The summed E-state index contributed by atoms with van der Waals surface area (Å²) in [6.45, 7) is 28.2. The van der Waals surface area contributed by atoms with Gasteiger partial charge in [0, 0.05) is 70.3 Å². The van der Waals surface area contributed by atoms with Crippen LogP contribution in [0.3, 0.4) is 0 Å². The van der Waals surface area contributed by atoms with Crippen molar-refractivity contribution in [2.45, 2.75) is 134 Å². The van der Waals surface area contributed by atoms with Crippen molar-refractivity contribution in [1.29, 1.82) is 0 Å². The third-order valence-corrected chi connectivity index (χ3v) is 13.7. The molecule has 3 aromatic carbocycles. The van der Waals surface area contributed by atoms with E-state index in [1.165, 1.54) is 29.2 Å². The predicted molar refractivity (Wildman–Crippen MR) is 316 cm³/mol. The summed E-state index contributed by atoms with van der Waals surface area (Å²) in [5, 5.41) is 14.5. The van der Waals surface area contributed by atoms with Crippen LogP contribution in [0.25, 0.3) is 33.4 Å². The number of amides is 1. The van der Waals surface area contributed by atoms with Crippen LogP contribution in [0, 0.1) is 48.5 Å². The van der Waals surface area contributed by atoms with E-state index in [0.717, 1.165) is 67.3 Å². The van der Waals surface area contributed by atoms with Crippen LogP contribution < -0.4 is 27.7 Å². The number of aromatic nitrogens is 6. The maximum absolute atomic E-state index is 12.9. The van der Waals surface area contributed by atoms with Gasteiger partial charge in [-0.05, 0) is 118 Å². The van der Waals surface area contributed by atoms with Gasteiger partial charge in [0.15, 0.2) is 0 Å². The summed E-state index contributed by atoms with van der Waals surface area (Å²) in [4.78, 5) is 50.8. The van der Waals surface area contributed by atoms with E-state index in [0.29, 0.717) is 53.8 Å². The van der Waals surface area contributed by atoms with Gasteiger partial charge in [0.2, 0.25) is 5.91 Å². The number of pyridine rings is 3. The molecule has 4 N–H and O–H groups in total. The van der Waals surface area contributed by atoms with Crippen molar-refractivity contribution in [2.75, 3.05) is 11.1 Å². The molecule has 16 heteroatoms. The summed E-state index contributed by atoms with van der Waals surface area (Å²) >= 11 is 5.66. The Kier molecular flexibility index (Phi) is 20.4. The third-order valence-electron chi connectivity index (χ3n) is 13.4. The number of nitrogen functional groups attached to an aromatic ring is 1. The molecule has 9 aromatic rings.